The van der Waals surface area contributed by atoms with Crippen molar-refractivity contribution in [3.8, 4) is 50.2 Å². The highest BCUT2D eigenvalue weighted by molar-refractivity contribution is 6.22. The minimum absolute atomic E-state index is 1.08. The molecule has 0 fully saturated rings. The largest absolute Gasteiger partial charge is 0.310 e. The van der Waals surface area contributed by atoms with E-state index in [1.807, 2.05) is 0 Å². The highest BCUT2D eigenvalue weighted by Gasteiger charge is 2.23. The average molecular weight is 915 g/mol. The van der Waals surface area contributed by atoms with Crippen LogP contribution in [0.3, 0.4) is 0 Å². The van der Waals surface area contributed by atoms with Gasteiger partial charge in [-0.15, -0.1) is 0 Å². The molecule has 336 valence electrons. The second-order valence-corrected chi connectivity index (χ2v) is 18.8. The molecule has 0 saturated heterocycles. The van der Waals surface area contributed by atoms with Gasteiger partial charge in [-0.1, -0.05) is 218 Å². The second-order valence-electron chi connectivity index (χ2n) is 18.8. The van der Waals surface area contributed by atoms with E-state index in [9.17, 15) is 0 Å². The zero-order valence-corrected chi connectivity index (χ0v) is 39.5. The van der Waals surface area contributed by atoms with Gasteiger partial charge in [-0.3, -0.25) is 0 Å². The van der Waals surface area contributed by atoms with Gasteiger partial charge in [0.2, 0.25) is 0 Å². The lowest BCUT2D eigenvalue weighted by Gasteiger charge is -2.28. The number of anilines is 3. The van der Waals surface area contributed by atoms with Gasteiger partial charge in [0.15, 0.2) is 0 Å². The Morgan fingerprint density at radius 1 is 0.264 bits per heavy atom. The van der Waals surface area contributed by atoms with Gasteiger partial charge in [-0.25, -0.2) is 0 Å². The van der Waals surface area contributed by atoms with Crippen molar-refractivity contribution in [1.29, 1.82) is 0 Å². The SMILES string of the molecule is c1ccc(-c2c(-c3ccccc3)c3cc(-c4ccc(N(c5ccc6c(ccc7ccccc76)c5)c5ccccc5-c5cccc6c5c5ccccc5n6-c5ccccc5)cc4)ccc3c3ccccc23)cc1. The Morgan fingerprint density at radius 2 is 0.792 bits per heavy atom. The molecule has 1 aromatic heterocycles. The molecule has 0 spiro atoms. The predicted molar refractivity (Wildman–Crippen MR) is 307 cm³/mol. The van der Waals surface area contributed by atoms with Gasteiger partial charge >= 0.3 is 0 Å². The first-order valence-corrected chi connectivity index (χ1v) is 24.8. The molecule has 0 aliphatic heterocycles. The maximum atomic E-state index is 2.45. The monoisotopic (exact) mass is 914 g/mol. The summed E-state index contributed by atoms with van der Waals surface area (Å²) in [6, 6.07) is 102. The first-order valence-electron chi connectivity index (χ1n) is 24.8. The molecule has 0 saturated carbocycles. The summed E-state index contributed by atoms with van der Waals surface area (Å²) in [6.45, 7) is 0. The highest BCUT2D eigenvalue weighted by atomic mass is 15.1. The fourth-order valence-electron chi connectivity index (χ4n) is 11.5. The van der Waals surface area contributed by atoms with E-state index in [-0.39, 0.29) is 0 Å². The van der Waals surface area contributed by atoms with E-state index < -0.39 is 0 Å². The lowest BCUT2D eigenvalue weighted by atomic mass is 9.84. The van der Waals surface area contributed by atoms with Crippen molar-refractivity contribution in [3.05, 3.63) is 279 Å². The number of benzene rings is 13. The Balaban J connectivity index is 0.964. The topological polar surface area (TPSA) is 8.17 Å². The number of para-hydroxylation sites is 3. The molecule has 2 heteroatoms. The van der Waals surface area contributed by atoms with Gasteiger partial charge in [0.25, 0.3) is 0 Å². The van der Waals surface area contributed by atoms with E-state index in [0.717, 1.165) is 33.9 Å². The molecular weight excluding hydrogens is 869 g/mol. The van der Waals surface area contributed by atoms with Crippen molar-refractivity contribution in [1.82, 2.24) is 4.57 Å². The second kappa shape index (κ2) is 17.2. The lowest BCUT2D eigenvalue weighted by molar-refractivity contribution is 1.18. The van der Waals surface area contributed by atoms with Crippen LogP contribution in [0.1, 0.15) is 0 Å². The first kappa shape index (κ1) is 41.5. The summed E-state index contributed by atoms with van der Waals surface area (Å²) in [5.74, 6) is 0. The van der Waals surface area contributed by atoms with E-state index in [1.54, 1.807) is 0 Å². The Morgan fingerprint density at radius 3 is 1.57 bits per heavy atom. The predicted octanol–water partition coefficient (Wildman–Crippen LogP) is 19.5. The van der Waals surface area contributed by atoms with Crippen LogP contribution in [-0.4, -0.2) is 4.57 Å². The van der Waals surface area contributed by atoms with Crippen molar-refractivity contribution in [2.75, 3.05) is 4.90 Å². The van der Waals surface area contributed by atoms with E-state index in [0.29, 0.717) is 0 Å². The zero-order valence-electron chi connectivity index (χ0n) is 39.5. The Labute approximate surface area is 418 Å². The maximum Gasteiger partial charge on any atom is 0.0547 e. The third-order valence-corrected chi connectivity index (χ3v) is 14.7. The van der Waals surface area contributed by atoms with Gasteiger partial charge < -0.3 is 9.47 Å². The molecule has 1 heterocycles. The number of nitrogens with zero attached hydrogens (tertiary/aromatic N) is 2. The van der Waals surface area contributed by atoms with Crippen LogP contribution in [0.4, 0.5) is 17.1 Å². The summed E-state index contributed by atoms with van der Waals surface area (Å²) in [7, 11) is 0. The standard InChI is InChI=1S/C70H46N2/c1-4-20-49(21-5-1)68-61-29-13-12-27-58(61)59-43-39-51(46-64(59)69(68)50-22-6-2-7-23-50)47-37-40-54(41-38-47)71(55-42-44-57-52(45-55)36-35-48-19-10-11-26-56(48)57)65-32-16-14-28-60(65)62-31-18-34-67-70(62)63-30-15-17-33-66(63)72(67)53-24-8-3-9-25-53/h1-46H. The third kappa shape index (κ3) is 6.80. The van der Waals surface area contributed by atoms with E-state index in [4.69, 9.17) is 0 Å². The van der Waals surface area contributed by atoms with Crippen molar-refractivity contribution >= 4 is 82.0 Å². The van der Waals surface area contributed by atoms with E-state index >= 15 is 0 Å². The molecule has 72 heavy (non-hydrogen) atoms. The molecule has 14 rings (SSSR count). The molecule has 14 aromatic rings. The molecule has 0 unspecified atom stereocenters. The molecule has 0 radical (unpaired) electrons. The van der Waals surface area contributed by atoms with Crippen LogP contribution in [0.2, 0.25) is 0 Å². The normalized spacial score (nSPS) is 11.6. The van der Waals surface area contributed by atoms with Gasteiger partial charge in [0.05, 0.1) is 16.7 Å². The quantitative estimate of drug-likeness (QED) is 0.138. The third-order valence-electron chi connectivity index (χ3n) is 14.7. The zero-order chi connectivity index (χ0) is 47.5. The summed E-state index contributed by atoms with van der Waals surface area (Å²) in [5, 5.41) is 12.4. The Bertz CT molecular complexity index is 4360. The molecule has 0 atom stereocenters. The van der Waals surface area contributed by atoms with Crippen LogP contribution in [-0.2, 0) is 0 Å². The van der Waals surface area contributed by atoms with Crippen LogP contribution >= 0.6 is 0 Å². The maximum absolute atomic E-state index is 2.45. The number of aromatic nitrogens is 1. The van der Waals surface area contributed by atoms with E-state index in [2.05, 4.69) is 289 Å². The Kier molecular flexibility index (Phi) is 9.89. The number of hydrogen-bond acceptors (Lipinski definition) is 1. The minimum Gasteiger partial charge on any atom is -0.310 e. The molecule has 0 N–H and O–H groups in total. The Hall–Kier alpha value is -9.50. The first-order chi connectivity index (χ1) is 35.7. The highest BCUT2D eigenvalue weighted by Crippen LogP contribution is 2.48. The van der Waals surface area contributed by atoms with Gasteiger partial charge in [0.1, 0.15) is 0 Å². The van der Waals surface area contributed by atoms with Crippen LogP contribution in [0.15, 0.2) is 279 Å². The van der Waals surface area contributed by atoms with Gasteiger partial charge in [-0.2, -0.15) is 0 Å². The summed E-state index contributed by atoms with van der Waals surface area (Å²) in [6.07, 6.45) is 0. The molecule has 0 aliphatic carbocycles. The average Bonchev–Trinajstić information content (AvgIpc) is 3.80. The van der Waals surface area contributed by atoms with Crippen molar-refractivity contribution in [3.63, 3.8) is 0 Å². The van der Waals surface area contributed by atoms with Crippen molar-refractivity contribution in [2.45, 2.75) is 0 Å². The van der Waals surface area contributed by atoms with Gasteiger partial charge in [-0.05, 0) is 143 Å². The summed E-state index contributed by atoms with van der Waals surface area (Å²) in [4.78, 5) is 2.45. The van der Waals surface area contributed by atoms with Crippen LogP contribution in [0.25, 0.3) is 115 Å². The minimum atomic E-state index is 1.08. The smallest absolute Gasteiger partial charge is 0.0547 e. The van der Waals surface area contributed by atoms with Crippen LogP contribution < -0.4 is 4.90 Å². The molecular formula is C70H46N2. The fraction of sp³-hybridized carbons (Fsp3) is 0. The molecule has 0 bridgehead atoms. The molecule has 0 aliphatic rings. The summed E-state index contributed by atoms with van der Waals surface area (Å²) in [5.41, 5.74) is 16.4. The van der Waals surface area contributed by atoms with Crippen LogP contribution in [0.5, 0.6) is 0 Å². The number of fused-ring (bicyclic) bond motifs is 9. The lowest BCUT2D eigenvalue weighted by Crippen LogP contribution is -2.11. The van der Waals surface area contributed by atoms with Crippen molar-refractivity contribution in [2.24, 2.45) is 0 Å². The van der Waals surface area contributed by atoms with Gasteiger partial charge in [0, 0.05) is 33.4 Å². The number of rotatable bonds is 8. The van der Waals surface area contributed by atoms with Crippen molar-refractivity contribution < 1.29 is 0 Å². The fourth-order valence-corrected chi connectivity index (χ4v) is 11.5. The van der Waals surface area contributed by atoms with E-state index in [1.165, 1.54) is 98.3 Å². The molecule has 13 aromatic carbocycles. The summed E-state index contributed by atoms with van der Waals surface area (Å²) >= 11 is 0. The summed E-state index contributed by atoms with van der Waals surface area (Å²) < 4.78 is 2.40. The van der Waals surface area contributed by atoms with Crippen LogP contribution in [0, 0.1) is 0 Å². The number of hydrogen-bond donors (Lipinski definition) is 0. The molecule has 2 nitrogen and oxygen atoms in total. The molecule has 0 amide bonds.